The normalized spacial score (nSPS) is 25.2. The van der Waals surface area contributed by atoms with Crippen LogP contribution in [0.2, 0.25) is 0 Å². The minimum absolute atomic E-state index is 0.0461. The number of hydrogen-bond acceptors (Lipinski definition) is 6. The molecule has 1 heterocycles. The molecule has 1 amide bonds. The van der Waals surface area contributed by atoms with E-state index >= 15 is 0 Å². The van der Waals surface area contributed by atoms with Crippen molar-refractivity contribution >= 4 is 5.91 Å². The molecule has 208 valence electrons. The third-order valence-corrected chi connectivity index (χ3v) is 8.30. The standard InChI is InChI=1S/C31H44N2O5/c1-3-37-18-9-8-16-31(36,25-13-5-7-15-29(25)38-28-14-6-4-11-22(28)2)24-12-10-17-33(21-24)30(35)23-19-26(32)27(34)20-23/h4-7,11,13-15,23-24,26-27,34,36H,3,8-10,12,16-21,32H2,1-2H3. The molecule has 7 nitrogen and oxygen atoms in total. The van der Waals surface area contributed by atoms with Gasteiger partial charge in [-0.25, -0.2) is 0 Å². The van der Waals surface area contributed by atoms with E-state index in [0.717, 1.165) is 42.6 Å². The highest BCUT2D eigenvalue weighted by molar-refractivity contribution is 5.79. The Labute approximate surface area is 226 Å². The van der Waals surface area contributed by atoms with Crippen LogP contribution in [0.1, 0.15) is 63.0 Å². The summed E-state index contributed by atoms with van der Waals surface area (Å²) < 4.78 is 11.9. The van der Waals surface area contributed by atoms with E-state index in [-0.39, 0.29) is 23.8 Å². The highest BCUT2D eigenvalue weighted by Gasteiger charge is 2.44. The number of aryl methyl sites for hydroxylation is 1. The van der Waals surface area contributed by atoms with E-state index in [1.807, 2.05) is 67.3 Å². The fraction of sp³-hybridized carbons (Fsp3) is 0.581. The van der Waals surface area contributed by atoms with E-state index < -0.39 is 11.7 Å². The minimum atomic E-state index is -1.17. The maximum atomic E-state index is 13.4. The quantitative estimate of drug-likeness (QED) is 0.374. The highest BCUT2D eigenvalue weighted by Crippen LogP contribution is 2.45. The first-order valence-electron chi connectivity index (χ1n) is 14.2. The Morgan fingerprint density at radius 2 is 1.84 bits per heavy atom. The summed E-state index contributed by atoms with van der Waals surface area (Å²) in [5, 5.41) is 22.6. The number of ether oxygens (including phenoxy) is 2. The lowest BCUT2D eigenvalue weighted by Crippen LogP contribution is -2.49. The van der Waals surface area contributed by atoms with Gasteiger partial charge in [0.2, 0.25) is 5.91 Å². The van der Waals surface area contributed by atoms with Gasteiger partial charge >= 0.3 is 0 Å². The summed E-state index contributed by atoms with van der Waals surface area (Å²) >= 11 is 0. The molecule has 1 saturated heterocycles. The van der Waals surface area contributed by atoms with Gasteiger partial charge in [0, 0.05) is 49.7 Å². The van der Waals surface area contributed by atoms with Gasteiger partial charge < -0.3 is 30.3 Å². The van der Waals surface area contributed by atoms with Gasteiger partial charge in [-0.15, -0.1) is 0 Å². The zero-order chi connectivity index (χ0) is 27.1. The number of likely N-dealkylation sites (tertiary alicyclic amines) is 1. The van der Waals surface area contributed by atoms with Crippen LogP contribution in [0.5, 0.6) is 11.5 Å². The molecule has 0 bridgehead atoms. The molecule has 1 aliphatic carbocycles. The van der Waals surface area contributed by atoms with E-state index in [1.54, 1.807) is 0 Å². The number of aliphatic hydroxyl groups is 2. The molecule has 1 aliphatic heterocycles. The van der Waals surface area contributed by atoms with E-state index in [1.165, 1.54) is 0 Å². The number of carbonyl (C=O) groups is 1. The zero-order valence-corrected chi connectivity index (χ0v) is 22.9. The number of nitrogens with zero attached hydrogens (tertiary/aromatic N) is 1. The van der Waals surface area contributed by atoms with Crippen LogP contribution in [0, 0.1) is 18.8 Å². The summed E-state index contributed by atoms with van der Waals surface area (Å²) in [4.78, 5) is 15.3. The molecule has 2 aliphatic rings. The van der Waals surface area contributed by atoms with Crippen molar-refractivity contribution in [2.24, 2.45) is 17.6 Å². The molecule has 1 saturated carbocycles. The Morgan fingerprint density at radius 1 is 1.11 bits per heavy atom. The van der Waals surface area contributed by atoms with Crippen LogP contribution in [-0.4, -0.2) is 59.5 Å². The smallest absolute Gasteiger partial charge is 0.225 e. The molecule has 2 aromatic carbocycles. The largest absolute Gasteiger partial charge is 0.457 e. The van der Waals surface area contributed by atoms with Crippen molar-refractivity contribution in [1.29, 1.82) is 0 Å². The predicted octanol–water partition coefficient (Wildman–Crippen LogP) is 4.52. The van der Waals surface area contributed by atoms with E-state index in [0.29, 0.717) is 51.3 Å². The van der Waals surface area contributed by atoms with Gasteiger partial charge in [0.15, 0.2) is 0 Å². The highest BCUT2D eigenvalue weighted by atomic mass is 16.5. The van der Waals surface area contributed by atoms with Crippen molar-refractivity contribution in [2.45, 2.75) is 76.5 Å². The van der Waals surface area contributed by atoms with Crippen molar-refractivity contribution in [3.05, 3.63) is 59.7 Å². The average molecular weight is 525 g/mol. The lowest BCUT2D eigenvalue weighted by atomic mass is 9.73. The first-order valence-corrected chi connectivity index (χ1v) is 14.2. The van der Waals surface area contributed by atoms with Crippen LogP contribution in [0.3, 0.4) is 0 Å². The number of unbranched alkanes of at least 4 members (excludes halogenated alkanes) is 1. The molecule has 0 radical (unpaired) electrons. The lowest BCUT2D eigenvalue weighted by Gasteiger charge is -2.44. The predicted molar refractivity (Wildman–Crippen MR) is 148 cm³/mol. The third-order valence-electron chi connectivity index (χ3n) is 8.30. The number of para-hydroxylation sites is 2. The minimum Gasteiger partial charge on any atom is -0.457 e. The molecular weight excluding hydrogens is 480 g/mol. The van der Waals surface area contributed by atoms with Crippen LogP contribution < -0.4 is 10.5 Å². The molecule has 4 N–H and O–H groups in total. The number of hydrogen-bond donors (Lipinski definition) is 3. The summed E-state index contributed by atoms with van der Waals surface area (Å²) in [6.45, 7) is 6.47. The number of nitrogens with two attached hydrogens (primary N) is 1. The number of benzene rings is 2. The Kier molecular flexibility index (Phi) is 9.82. The van der Waals surface area contributed by atoms with Crippen molar-refractivity contribution in [1.82, 2.24) is 4.90 Å². The van der Waals surface area contributed by atoms with Crippen molar-refractivity contribution in [2.75, 3.05) is 26.3 Å². The summed E-state index contributed by atoms with van der Waals surface area (Å²) in [5.41, 5.74) is 6.62. The summed E-state index contributed by atoms with van der Waals surface area (Å²) in [5.74, 6) is 1.05. The zero-order valence-electron chi connectivity index (χ0n) is 22.9. The molecule has 38 heavy (non-hydrogen) atoms. The molecule has 5 atom stereocenters. The Bertz CT molecular complexity index is 1050. The molecule has 2 aromatic rings. The van der Waals surface area contributed by atoms with Gasteiger partial charge in [-0.2, -0.15) is 0 Å². The van der Waals surface area contributed by atoms with Gasteiger partial charge in [0.05, 0.1) is 11.7 Å². The maximum absolute atomic E-state index is 13.4. The first kappa shape index (κ1) is 28.6. The molecule has 5 unspecified atom stereocenters. The Hall–Kier alpha value is -2.45. The second-order valence-electron chi connectivity index (χ2n) is 11.0. The number of piperidine rings is 1. The van der Waals surface area contributed by atoms with Gasteiger partial charge in [0.1, 0.15) is 11.5 Å². The van der Waals surface area contributed by atoms with Crippen molar-refractivity contribution in [3.63, 3.8) is 0 Å². The van der Waals surface area contributed by atoms with Crippen molar-refractivity contribution < 1.29 is 24.5 Å². The fourth-order valence-electron chi connectivity index (χ4n) is 6.08. The number of carbonyl (C=O) groups excluding carboxylic acids is 1. The van der Waals surface area contributed by atoms with Gasteiger partial charge in [-0.1, -0.05) is 36.4 Å². The molecule has 7 heteroatoms. The topological polar surface area (TPSA) is 105 Å². The first-order chi connectivity index (χ1) is 18.3. The molecular formula is C31H44N2O5. The van der Waals surface area contributed by atoms with Gasteiger partial charge in [-0.3, -0.25) is 4.79 Å². The number of aliphatic hydroxyl groups excluding tert-OH is 1. The monoisotopic (exact) mass is 524 g/mol. The van der Waals surface area contributed by atoms with Crippen LogP contribution >= 0.6 is 0 Å². The lowest BCUT2D eigenvalue weighted by molar-refractivity contribution is -0.141. The molecule has 2 fully saturated rings. The maximum Gasteiger partial charge on any atom is 0.225 e. The summed E-state index contributed by atoms with van der Waals surface area (Å²) in [6, 6.07) is 15.3. The molecule has 4 rings (SSSR count). The molecule has 0 spiro atoms. The van der Waals surface area contributed by atoms with Crippen LogP contribution in [0.25, 0.3) is 0 Å². The van der Waals surface area contributed by atoms with Crippen LogP contribution in [0.15, 0.2) is 48.5 Å². The third kappa shape index (κ3) is 6.57. The van der Waals surface area contributed by atoms with E-state index in [4.69, 9.17) is 15.2 Å². The second-order valence-corrected chi connectivity index (χ2v) is 11.0. The Balaban J connectivity index is 1.60. The summed E-state index contributed by atoms with van der Waals surface area (Å²) in [7, 11) is 0. The SMILES string of the molecule is CCOCCCCC(O)(c1ccccc1Oc1ccccc1C)C1CCCN(C(=O)C2CC(N)C(O)C2)C1. The van der Waals surface area contributed by atoms with Gasteiger partial charge in [-0.05, 0) is 76.5 Å². The fourth-order valence-corrected chi connectivity index (χ4v) is 6.08. The number of rotatable bonds is 11. The average Bonchev–Trinajstić information content (AvgIpc) is 3.27. The van der Waals surface area contributed by atoms with E-state index in [2.05, 4.69) is 0 Å². The van der Waals surface area contributed by atoms with Crippen LogP contribution in [0.4, 0.5) is 0 Å². The Morgan fingerprint density at radius 3 is 2.55 bits per heavy atom. The number of amides is 1. The van der Waals surface area contributed by atoms with E-state index in [9.17, 15) is 15.0 Å². The summed E-state index contributed by atoms with van der Waals surface area (Å²) in [6.07, 6.45) is 4.13. The molecule has 0 aromatic heterocycles. The van der Waals surface area contributed by atoms with Gasteiger partial charge in [0.25, 0.3) is 0 Å². The second kappa shape index (κ2) is 13.1. The van der Waals surface area contributed by atoms with Crippen LogP contribution in [-0.2, 0) is 15.1 Å². The van der Waals surface area contributed by atoms with Crippen molar-refractivity contribution in [3.8, 4) is 11.5 Å².